The van der Waals surface area contributed by atoms with Crippen LogP contribution in [0.4, 0.5) is 17.1 Å². The molecule has 0 saturated carbocycles. The van der Waals surface area contributed by atoms with Crippen molar-refractivity contribution in [1.29, 1.82) is 0 Å². The van der Waals surface area contributed by atoms with Crippen LogP contribution in [-0.2, 0) is 0 Å². The summed E-state index contributed by atoms with van der Waals surface area (Å²) in [4.78, 5) is 22.3. The Morgan fingerprint density at radius 3 is 2.57 bits per heavy atom. The number of nitro benzene ring substituents is 1. The summed E-state index contributed by atoms with van der Waals surface area (Å²) < 4.78 is 0. The number of hydrogen-bond donors (Lipinski definition) is 2. The first-order valence-corrected chi connectivity index (χ1v) is 6.44. The lowest BCUT2D eigenvalue weighted by Gasteiger charge is -2.09. The fourth-order valence-electron chi connectivity index (χ4n) is 1.66. The predicted molar refractivity (Wildman–Crippen MR) is 81.9 cm³/mol. The van der Waals surface area contributed by atoms with Crippen LogP contribution in [0.15, 0.2) is 36.4 Å². The molecular weight excluding hydrogens is 317 g/mol. The van der Waals surface area contributed by atoms with Crippen molar-refractivity contribution in [3.63, 3.8) is 0 Å². The molecule has 0 aliphatic carbocycles. The Kier molecular flexibility index (Phi) is 4.30. The SMILES string of the molecule is Nc1c(Cl)cc([N+](=O)[O-])cc1C(=O)Nc1cccc(Cl)c1. The van der Waals surface area contributed by atoms with Crippen molar-refractivity contribution in [3.05, 3.63) is 62.1 Å². The van der Waals surface area contributed by atoms with Gasteiger partial charge in [0.15, 0.2) is 0 Å². The van der Waals surface area contributed by atoms with Gasteiger partial charge in [-0.15, -0.1) is 0 Å². The van der Waals surface area contributed by atoms with E-state index in [-0.39, 0.29) is 22.0 Å². The van der Waals surface area contributed by atoms with Crippen LogP contribution in [0.3, 0.4) is 0 Å². The number of nitrogens with one attached hydrogen (secondary N) is 1. The smallest absolute Gasteiger partial charge is 0.271 e. The van der Waals surface area contributed by atoms with Crippen LogP contribution < -0.4 is 11.1 Å². The van der Waals surface area contributed by atoms with E-state index in [0.717, 1.165) is 12.1 Å². The lowest BCUT2D eigenvalue weighted by molar-refractivity contribution is -0.384. The molecule has 0 atom stereocenters. The Balaban J connectivity index is 2.37. The molecule has 6 nitrogen and oxygen atoms in total. The number of halogens is 2. The van der Waals surface area contributed by atoms with Crippen molar-refractivity contribution >= 4 is 46.2 Å². The number of anilines is 2. The van der Waals surface area contributed by atoms with Crippen molar-refractivity contribution in [3.8, 4) is 0 Å². The van der Waals surface area contributed by atoms with E-state index in [9.17, 15) is 14.9 Å². The molecule has 1 amide bonds. The van der Waals surface area contributed by atoms with Crippen LogP contribution in [0.25, 0.3) is 0 Å². The van der Waals surface area contributed by atoms with Gasteiger partial charge in [-0.3, -0.25) is 14.9 Å². The molecule has 0 unspecified atom stereocenters. The third-order valence-electron chi connectivity index (χ3n) is 2.65. The van der Waals surface area contributed by atoms with Gasteiger partial charge in [0.05, 0.1) is 21.2 Å². The standard InChI is InChI=1S/C13H9Cl2N3O3/c14-7-2-1-3-8(4-7)17-13(19)10-5-9(18(20)21)6-11(15)12(10)16/h1-6H,16H2,(H,17,19). The zero-order chi connectivity index (χ0) is 15.6. The predicted octanol–water partition coefficient (Wildman–Crippen LogP) is 3.74. The van der Waals surface area contributed by atoms with Crippen molar-refractivity contribution in [2.75, 3.05) is 11.1 Å². The maximum atomic E-state index is 12.2. The van der Waals surface area contributed by atoms with Gasteiger partial charge in [0.25, 0.3) is 11.6 Å². The van der Waals surface area contributed by atoms with Crippen LogP contribution >= 0.6 is 23.2 Å². The molecular formula is C13H9Cl2N3O3. The number of nitrogens with two attached hydrogens (primary N) is 1. The van der Waals surface area contributed by atoms with Crippen LogP contribution in [0.1, 0.15) is 10.4 Å². The highest BCUT2D eigenvalue weighted by Crippen LogP contribution is 2.29. The minimum absolute atomic E-state index is 0.0261. The monoisotopic (exact) mass is 325 g/mol. The highest BCUT2D eigenvalue weighted by molar-refractivity contribution is 6.34. The molecule has 0 radical (unpaired) electrons. The Labute approximate surface area is 129 Å². The third-order valence-corrected chi connectivity index (χ3v) is 3.20. The number of hydrogen-bond acceptors (Lipinski definition) is 4. The maximum absolute atomic E-state index is 12.2. The number of rotatable bonds is 3. The lowest BCUT2D eigenvalue weighted by atomic mass is 10.1. The van der Waals surface area contributed by atoms with Gasteiger partial charge in [0, 0.05) is 22.8 Å². The number of amides is 1. The molecule has 0 aromatic heterocycles. The lowest BCUT2D eigenvalue weighted by Crippen LogP contribution is -2.14. The van der Waals surface area contributed by atoms with Gasteiger partial charge in [-0.1, -0.05) is 29.3 Å². The number of nitro groups is 1. The molecule has 108 valence electrons. The summed E-state index contributed by atoms with van der Waals surface area (Å²) in [6.45, 7) is 0. The van der Waals surface area contributed by atoms with E-state index in [1.807, 2.05) is 0 Å². The molecule has 21 heavy (non-hydrogen) atoms. The number of non-ortho nitro benzene ring substituents is 1. The Bertz CT molecular complexity index is 735. The van der Waals surface area contributed by atoms with Gasteiger partial charge in [-0.05, 0) is 18.2 Å². The van der Waals surface area contributed by atoms with E-state index in [0.29, 0.717) is 10.7 Å². The largest absolute Gasteiger partial charge is 0.397 e. The summed E-state index contributed by atoms with van der Waals surface area (Å²) in [5.41, 5.74) is 5.72. The maximum Gasteiger partial charge on any atom is 0.271 e. The highest BCUT2D eigenvalue weighted by atomic mass is 35.5. The summed E-state index contributed by atoms with van der Waals surface area (Å²) in [5, 5.41) is 13.7. The van der Waals surface area contributed by atoms with Crippen LogP contribution in [0.5, 0.6) is 0 Å². The first kappa shape index (κ1) is 15.1. The summed E-state index contributed by atoms with van der Waals surface area (Å²) in [6.07, 6.45) is 0. The quantitative estimate of drug-likeness (QED) is 0.510. The summed E-state index contributed by atoms with van der Waals surface area (Å²) >= 11 is 11.6. The van der Waals surface area contributed by atoms with Crippen molar-refractivity contribution < 1.29 is 9.72 Å². The van der Waals surface area contributed by atoms with Crippen molar-refractivity contribution in [2.24, 2.45) is 0 Å². The summed E-state index contributed by atoms with van der Waals surface area (Å²) in [7, 11) is 0. The zero-order valence-corrected chi connectivity index (χ0v) is 12.0. The summed E-state index contributed by atoms with van der Waals surface area (Å²) in [6, 6.07) is 8.62. The van der Waals surface area contributed by atoms with Gasteiger partial charge in [-0.2, -0.15) is 0 Å². The second-order valence-electron chi connectivity index (χ2n) is 4.11. The number of carbonyl (C=O) groups excluding carboxylic acids is 1. The molecule has 0 aliphatic heterocycles. The molecule has 2 aromatic rings. The fourth-order valence-corrected chi connectivity index (χ4v) is 2.07. The normalized spacial score (nSPS) is 10.2. The molecule has 0 fully saturated rings. The molecule has 0 bridgehead atoms. The Hall–Kier alpha value is -2.31. The average Bonchev–Trinajstić information content (AvgIpc) is 2.41. The molecule has 2 rings (SSSR count). The number of benzene rings is 2. The van der Waals surface area contributed by atoms with Crippen molar-refractivity contribution in [2.45, 2.75) is 0 Å². The highest BCUT2D eigenvalue weighted by Gasteiger charge is 2.19. The number of carbonyl (C=O) groups is 1. The number of nitrogens with zero attached hydrogens (tertiary/aromatic N) is 1. The van der Waals surface area contributed by atoms with E-state index in [1.165, 1.54) is 6.07 Å². The fraction of sp³-hybridized carbons (Fsp3) is 0. The van der Waals surface area contributed by atoms with Gasteiger partial charge in [0.1, 0.15) is 0 Å². The molecule has 8 heteroatoms. The van der Waals surface area contributed by atoms with Crippen LogP contribution in [0, 0.1) is 10.1 Å². The topological polar surface area (TPSA) is 98.3 Å². The zero-order valence-electron chi connectivity index (χ0n) is 10.5. The van der Waals surface area contributed by atoms with E-state index in [1.54, 1.807) is 18.2 Å². The van der Waals surface area contributed by atoms with Crippen LogP contribution in [0.2, 0.25) is 10.0 Å². The number of nitrogen functional groups attached to an aromatic ring is 1. The van der Waals surface area contributed by atoms with Gasteiger partial charge in [-0.25, -0.2) is 0 Å². The molecule has 0 saturated heterocycles. The van der Waals surface area contributed by atoms with Gasteiger partial charge >= 0.3 is 0 Å². The molecule has 0 aliphatic rings. The van der Waals surface area contributed by atoms with Crippen molar-refractivity contribution in [1.82, 2.24) is 0 Å². The second-order valence-corrected chi connectivity index (χ2v) is 4.95. The van der Waals surface area contributed by atoms with Gasteiger partial charge in [0.2, 0.25) is 0 Å². The molecule has 3 N–H and O–H groups in total. The summed E-state index contributed by atoms with van der Waals surface area (Å²) in [5.74, 6) is -0.611. The van der Waals surface area contributed by atoms with Crippen LogP contribution in [-0.4, -0.2) is 10.8 Å². The third kappa shape index (κ3) is 3.42. The molecule has 0 spiro atoms. The molecule has 0 heterocycles. The average molecular weight is 326 g/mol. The second kappa shape index (κ2) is 5.99. The first-order chi connectivity index (χ1) is 9.88. The minimum atomic E-state index is -0.651. The Morgan fingerprint density at radius 1 is 1.24 bits per heavy atom. The van der Waals surface area contributed by atoms with E-state index < -0.39 is 10.8 Å². The van der Waals surface area contributed by atoms with E-state index in [4.69, 9.17) is 28.9 Å². The first-order valence-electron chi connectivity index (χ1n) is 5.69. The Morgan fingerprint density at radius 2 is 1.95 bits per heavy atom. The van der Waals surface area contributed by atoms with E-state index >= 15 is 0 Å². The van der Waals surface area contributed by atoms with Gasteiger partial charge < -0.3 is 11.1 Å². The molecule has 2 aromatic carbocycles. The van der Waals surface area contributed by atoms with E-state index in [2.05, 4.69) is 5.32 Å². The minimum Gasteiger partial charge on any atom is -0.397 e.